The first-order valence-electron chi connectivity index (χ1n) is 5.35. The molecule has 1 amide bonds. The van der Waals surface area contributed by atoms with Crippen LogP contribution in [0.2, 0.25) is 0 Å². The first kappa shape index (κ1) is 13.2. The second-order valence-corrected chi connectivity index (χ2v) is 4.76. The van der Waals surface area contributed by atoms with Crippen LogP contribution in [-0.4, -0.2) is 12.5 Å². The van der Waals surface area contributed by atoms with E-state index in [0.717, 1.165) is 22.1 Å². The van der Waals surface area contributed by atoms with Crippen molar-refractivity contribution in [2.45, 2.75) is 20.3 Å². The molecular formula is C12H17BrN2O. The smallest absolute Gasteiger partial charge is 0.228 e. The Balaban J connectivity index is 2.76. The molecule has 0 heterocycles. The summed E-state index contributed by atoms with van der Waals surface area (Å²) < 4.78 is 0.962. The van der Waals surface area contributed by atoms with Crippen LogP contribution in [-0.2, 0) is 4.79 Å². The minimum absolute atomic E-state index is 0.0116. The first-order valence-corrected chi connectivity index (χ1v) is 6.14. The number of rotatable bonds is 4. The van der Waals surface area contributed by atoms with Crippen molar-refractivity contribution in [2.24, 2.45) is 11.7 Å². The summed E-state index contributed by atoms with van der Waals surface area (Å²) in [6, 6.07) is 5.82. The summed E-state index contributed by atoms with van der Waals surface area (Å²) in [5, 5.41) is 2.88. The maximum Gasteiger partial charge on any atom is 0.228 e. The summed E-state index contributed by atoms with van der Waals surface area (Å²) in [6.45, 7) is 4.33. The monoisotopic (exact) mass is 284 g/mol. The SMILES string of the molecule is CCC(CN)C(=O)Nc1cc(C)cc(Br)c1. The van der Waals surface area contributed by atoms with Crippen LogP contribution in [0.5, 0.6) is 0 Å². The highest BCUT2D eigenvalue weighted by molar-refractivity contribution is 9.10. The summed E-state index contributed by atoms with van der Waals surface area (Å²) >= 11 is 3.40. The van der Waals surface area contributed by atoms with Crippen molar-refractivity contribution in [2.75, 3.05) is 11.9 Å². The van der Waals surface area contributed by atoms with E-state index in [1.165, 1.54) is 0 Å². The Labute approximate surface area is 105 Å². The molecule has 0 saturated carbocycles. The Kier molecular flexibility index (Phi) is 4.96. The zero-order valence-corrected chi connectivity index (χ0v) is 11.2. The van der Waals surface area contributed by atoms with Gasteiger partial charge in [0.1, 0.15) is 0 Å². The molecule has 0 radical (unpaired) electrons. The molecule has 4 heteroatoms. The molecule has 0 spiro atoms. The van der Waals surface area contributed by atoms with Crippen LogP contribution >= 0.6 is 15.9 Å². The lowest BCUT2D eigenvalue weighted by Gasteiger charge is -2.13. The number of nitrogens with two attached hydrogens (primary N) is 1. The fourth-order valence-electron chi connectivity index (χ4n) is 1.51. The summed E-state index contributed by atoms with van der Waals surface area (Å²) in [5.74, 6) is -0.123. The molecule has 1 unspecified atom stereocenters. The van der Waals surface area contributed by atoms with Gasteiger partial charge in [0.15, 0.2) is 0 Å². The van der Waals surface area contributed by atoms with Crippen molar-refractivity contribution in [1.29, 1.82) is 0 Å². The average Bonchev–Trinajstić information content (AvgIpc) is 2.17. The third-order valence-corrected chi connectivity index (χ3v) is 2.92. The maximum absolute atomic E-state index is 11.8. The molecule has 0 aliphatic carbocycles. The van der Waals surface area contributed by atoms with E-state index >= 15 is 0 Å². The van der Waals surface area contributed by atoms with Crippen molar-refractivity contribution in [3.8, 4) is 0 Å². The van der Waals surface area contributed by atoms with Crippen LogP contribution in [0.25, 0.3) is 0 Å². The molecule has 16 heavy (non-hydrogen) atoms. The number of halogens is 1. The fraction of sp³-hybridized carbons (Fsp3) is 0.417. The van der Waals surface area contributed by atoms with E-state index in [9.17, 15) is 4.79 Å². The van der Waals surface area contributed by atoms with E-state index < -0.39 is 0 Å². The molecule has 1 atom stereocenters. The summed E-state index contributed by atoms with van der Waals surface area (Å²) in [6.07, 6.45) is 0.759. The lowest BCUT2D eigenvalue weighted by atomic mass is 10.1. The van der Waals surface area contributed by atoms with Crippen molar-refractivity contribution in [1.82, 2.24) is 0 Å². The number of anilines is 1. The number of hydrogen-bond donors (Lipinski definition) is 2. The molecule has 0 aliphatic heterocycles. The normalized spacial score (nSPS) is 12.2. The Morgan fingerprint density at radius 2 is 2.19 bits per heavy atom. The fourth-order valence-corrected chi connectivity index (χ4v) is 2.12. The van der Waals surface area contributed by atoms with Crippen LogP contribution in [0.1, 0.15) is 18.9 Å². The second kappa shape index (κ2) is 6.01. The number of aryl methyl sites for hydroxylation is 1. The van der Waals surface area contributed by atoms with Crippen molar-refractivity contribution in [3.63, 3.8) is 0 Å². The average molecular weight is 285 g/mol. The van der Waals surface area contributed by atoms with Crippen LogP contribution in [0.3, 0.4) is 0 Å². The van der Waals surface area contributed by atoms with Crippen molar-refractivity contribution < 1.29 is 4.79 Å². The molecule has 0 aromatic heterocycles. The van der Waals surface area contributed by atoms with Gasteiger partial charge < -0.3 is 11.1 Å². The molecule has 1 aromatic carbocycles. The summed E-state index contributed by atoms with van der Waals surface area (Å²) in [5.41, 5.74) is 7.44. The molecule has 3 N–H and O–H groups in total. The van der Waals surface area contributed by atoms with Gasteiger partial charge in [-0.2, -0.15) is 0 Å². The summed E-state index contributed by atoms with van der Waals surface area (Å²) in [4.78, 5) is 11.8. The van der Waals surface area contributed by atoms with Crippen LogP contribution in [0.15, 0.2) is 22.7 Å². The van der Waals surface area contributed by atoms with Crippen LogP contribution in [0, 0.1) is 12.8 Å². The third kappa shape index (κ3) is 3.61. The molecular weight excluding hydrogens is 268 g/mol. The molecule has 0 saturated heterocycles. The number of nitrogens with one attached hydrogen (secondary N) is 1. The first-order chi connectivity index (χ1) is 7.56. The van der Waals surface area contributed by atoms with Gasteiger partial charge in [-0.05, 0) is 37.1 Å². The topological polar surface area (TPSA) is 55.1 Å². The van der Waals surface area contributed by atoms with E-state index in [1.807, 2.05) is 32.0 Å². The largest absolute Gasteiger partial charge is 0.330 e. The van der Waals surface area contributed by atoms with Crippen LogP contribution < -0.4 is 11.1 Å². The van der Waals surface area contributed by atoms with Gasteiger partial charge in [-0.1, -0.05) is 22.9 Å². The number of carbonyl (C=O) groups excluding carboxylic acids is 1. The van der Waals surface area contributed by atoms with E-state index in [0.29, 0.717) is 6.54 Å². The third-order valence-electron chi connectivity index (χ3n) is 2.46. The molecule has 88 valence electrons. The Hall–Kier alpha value is -0.870. The van der Waals surface area contributed by atoms with Gasteiger partial charge in [0, 0.05) is 16.7 Å². The second-order valence-electron chi connectivity index (χ2n) is 3.85. The van der Waals surface area contributed by atoms with Crippen LogP contribution in [0.4, 0.5) is 5.69 Å². The quantitative estimate of drug-likeness (QED) is 0.893. The van der Waals surface area contributed by atoms with Gasteiger partial charge in [-0.15, -0.1) is 0 Å². The van der Waals surface area contributed by atoms with E-state index in [2.05, 4.69) is 21.2 Å². The lowest BCUT2D eigenvalue weighted by Crippen LogP contribution is -2.28. The molecule has 1 aromatic rings. The van der Waals surface area contributed by atoms with Gasteiger partial charge in [0.25, 0.3) is 0 Å². The van der Waals surface area contributed by atoms with Gasteiger partial charge in [0.2, 0.25) is 5.91 Å². The summed E-state index contributed by atoms with van der Waals surface area (Å²) in [7, 11) is 0. The Bertz CT molecular complexity index is 355. The zero-order valence-electron chi connectivity index (χ0n) is 9.59. The van der Waals surface area contributed by atoms with Gasteiger partial charge in [-0.3, -0.25) is 4.79 Å². The number of amides is 1. The van der Waals surface area contributed by atoms with Gasteiger partial charge in [-0.25, -0.2) is 0 Å². The van der Waals surface area contributed by atoms with Crippen molar-refractivity contribution in [3.05, 3.63) is 28.2 Å². The standard InChI is InChI=1S/C12H17BrN2O/c1-3-9(7-14)12(16)15-11-5-8(2)4-10(13)6-11/h4-6,9H,3,7,14H2,1-2H3,(H,15,16). The highest BCUT2D eigenvalue weighted by Crippen LogP contribution is 2.19. The molecule has 0 aliphatic rings. The predicted molar refractivity (Wildman–Crippen MR) is 70.3 cm³/mol. The lowest BCUT2D eigenvalue weighted by molar-refractivity contribution is -0.119. The molecule has 3 nitrogen and oxygen atoms in total. The predicted octanol–water partition coefficient (Wildman–Crippen LogP) is 2.68. The number of carbonyl (C=O) groups is 1. The molecule has 1 rings (SSSR count). The maximum atomic E-state index is 11.8. The van der Waals surface area contributed by atoms with E-state index in [4.69, 9.17) is 5.73 Å². The highest BCUT2D eigenvalue weighted by Gasteiger charge is 2.14. The van der Waals surface area contributed by atoms with E-state index in [-0.39, 0.29) is 11.8 Å². The highest BCUT2D eigenvalue weighted by atomic mass is 79.9. The van der Waals surface area contributed by atoms with E-state index in [1.54, 1.807) is 0 Å². The molecule has 0 fully saturated rings. The number of benzene rings is 1. The zero-order chi connectivity index (χ0) is 12.1. The van der Waals surface area contributed by atoms with Gasteiger partial charge >= 0.3 is 0 Å². The molecule has 0 bridgehead atoms. The Morgan fingerprint density at radius 3 is 2.69 bits per heavy atom. The Morgan fingerprint density at radius 1 is 1.50 bits per heavy atom. The van der Waals surface area contributed by atoms with Gasteiger partial charge in [0.05, 0.1) is 5.92 Å². The van der Waals surface area contributed by atoms with Crippen molar-refractivity contribution >= 4 is 27.5 Å². The minimum atomic E-state index is -0.112. The minimum Gasteiger partial charge on any atom is -0.330 e. The number of hydrogen-bond acceptors (Lipinski definition) is 2.